The Morgan fingerprint density at radius 3 is 1.72 bits per heavy atom. The van der Waals surface area contributed by atoms with Gasteiger partial charge in [-0.15, -0.1) is 0 Å². The zero-order valence-electron chi connectivity index (χ0n) is 10.1. The molecule has 0 radical (unpaired) electrons. The fourth-order valence-electron chi connectivity index (χ4n) is 1.77. The Hall–Kier alpha value is -1.98. The van der Waals surface area contributed by atoms with Crippen LogP contribution in [0.2, 0.25) is 0 Å². The minimum atomic E-state index is -0.319. The van der Waals surface area contributed by atoms with E-state index in [1.54, 1.807) is 0 Å². The topological polar surface area (TPSA) is 86.3 Å². The highest BCUT2D eigenvalue weighted by molar-refractivity contribution is 5.23. The van der Waals surface area contributed by atoms with E-state index in [-0.39, 0.29) is 22.9 Å². The minimum Gasteiger partial charge on any atom is -0.265 e. The molecule has 98 valence electrons. The predicted octanol–water partition coefficient (Wildman–Crippen LogP) is 2.11. The van der Waals surface area contributed by atoms with Crippen molar-refractivity contribution in [2.45, 2.75) is 25.7 Å². The monoisotopic (exact) mass is 252 g/mol. The van der Waals surface area contributed by atoms with Crippen LogP contribution in [0.15, 0.2) is 24.3 Å². The lowest BCUT2D eigenvalue weighted by molar-refractivity contribution is -0.480. The summed E-state index contributed by atoms with van der Waals surface area (Å²) < 4.78 is 0. The molecule has 6 nitrogen and oxygen atoms in total. The van der Waals surface area contributed by atoms with Crippen molar-refractivity contribution >= 4 is 0 Å². The van der Waals surface area contributed by atoms with E-state index < -0.39 is 0 Å². The Morgan fingerprint density at radius 2 is 1.33 bits per heavy atom. The van der Waals surface area contributed by atoms with Crippen LogP contribution in [0, 0.1) is 20.2 Å². The molecule has 0 bridgehead atoms. The molecule has 0 saturated carbocycles. The van der Waals surface area contributed by atoms with E-state index in [1.807, 2.05) is 24.3 Å². The van der Waals surface area contributed by atoms with Crippen molar-refractivity contribution in [2.24, 2.45) is 0 Å². The molecule has 0 heterocycles. The van der Waals surface area contributed by atoms with Crippen molar-refractivity contribution in [1.82, 2.24) is 0 Å². The van der Waals surface area contributed by atoms with E-state index in [9.17, 15) is 20.2 Å². The number of rotatable bonds is 8. The summed E-state index contributed by atoms with van der Waals surface area (Å²) in [6.45, 7) is -0.0445. The summed E-state index contributed by atoms with van der Waals surface area (Å²) in [5.74, 6) is 0. The van der Waals surface area contributed by atoms with E-state index >= 15 is 0 Å². The molecule has 18 heavy (non-hydrogen) atoms. The van der Waals surface area contributed by atoms with Gasteiger partial charge in [0.1, 0.15) is 0 Å². The number of benzene rings is 1. The summed E-state index contributed by atoms with van der Waals surface area (Å²) in [5, 5.41) is 20.4. The van der Waals surface area contributed by atoms with Crippen LogP contribution in [0.3, 0.4) is 0 Å². The Balaban J connectivity index is 2.41. The molecule has 0 aliphatic rings. The quantitative estimate of drug-likeness (QED) is 0.523. The molecule has 0 aliphatic heterocycles. The molecule has 0 aromatic heterocycles. The van der Waals surface area contributed by atoms with Crippen LogP contribution in [-0.2, 0) is 12.8 Å². The number of hydrogen-bond donors (Lipinski definition) is 0. The van der Waals surface area contributed by atoms with Gasteiger partial charge in [0.25, 0.3) is 0 Å². The van der Waals surface area contributed by atoms with Gasteiger partial charge in [0, 0.05) is 22.7 Å². The molecule has 0 atom stereocenters. The van der Waals surface area contributed by atoms with Crippen LogP contribution < -0.4 is 0 Å². The van der Waals surface area contributed by atoms with Gasteiger partial charge in [-0.1, -0.05) is 24.3 Å². The van der Waals surface area contributed by atoms with Crippen molar-refractivity contribution in [2.75, 3.05) is 13.1 Å². The first-order chi connectivity index (χ1) is 8.58. The summed E-state index contributed by atoms with van der Waals surface area (Å²) in [5.41, 5.74) is 2.10. The Kier molecular flexibility index (Phi) is 5.76. The Bertz CT molecular complexity index is 385. The van der Waals surface area contributed by atoms with Gasteiger partial charge in [-0.2, -0.15) is 0 Å². The third-order valence-electron chi connectivity index (χ3n) is 2.60. The van der Waals surface area contributed by atoms with E-state index in [0.717, 1.165) is 11.1 Å². The maximum absolute atomic E-state index is 10.2. The third-order valence-corrected chi connectivity index (χ3v) is 2.60. The van der Waals surface area contributed by atoms with Crippen LogP contribution in [0.25, 0.3) is 0 Å². The molecule has 0 N–H and O–H groups in total. The maximum Gasteiger partial charge on any atom is 0.204 e. The summed E-state index contributed by atoms with van der Waals surface area (Å²) in [6, 6.07) is 7.72. The van der Waals surface area contributed by atoms with Gasteiger partial charge in [-0.25, -0.2) is 0 Å². The minimum absolute atomic E-state index is 0.0223. The fourth-order valence-corrected chi connectivity index (χ4v) is 1.77. The SMILES string of the molecule is O=[N+]([O-])CCCc1cccc(CCC[N+](=O)[O-])c1. The molecule has 1 aromatic carbocycles. The number of nitro groups is 2. The van der Waals surface area contributed by atoms with Crippen molar-refractivity contribution in [3.8, 4) is 0 Å². The Labute approximate surface area is 105 Å². The summed E-state index contributed by atoms with van der Waals surface area (Å²) in [4.78, 5) is 19.8. The average Bonchev–Trinajstić information content (AvgIpc) is 2.28. The summed E-state index contributed by atoms with van der Waals surface area (Å²) >= 11 is 0. The molecule has 0 amide bonds. The lowest BCUT2D eigenvalue weighted by atomic mass is 10.0. The van der Waals surface area contributed by atoms with E-state index in [4.69, 9.17) is 0 Å². The second-order valence-corrected chi connectivity index (χ2v) is 4.14. The molecule has 0 unspecified atom stereocenters. The molecular weight excluding hydrogens is 236 g/mol. The average molecular weight is 252 g/mol. The van der Waals surface area contributed by atoms with Crippen molar-refractivity contribution in [3.05, 3.63) is 55.6 Å². The van der Waals surface area contributed by atoms with Gasteiger partial charge in [0.15, 0.2) is 0 Å². The van der Waals surface area contributed by atoms with E-state index in [1.165, 1.54) is 0 Å². The van der Waals surface area contributed by atoms with Gasteiger partial charge in [-0.05, 0) is 24.0 Å². The molecule has 0 fully saturated rings. The predicted molar refractivity (Wildman–Crippen MR) is 66.8 cm³/mol. The number of hydrogen-bond acceptors (Lipinski definition) is 4. The second kappa shape index (κ2) is 7.37. The zero-order valence-corrected chi connectivity index (χ0v) is 10.1. The first-order valence-electron chi connectivity index (χ1n) is 5.89. The van der Waals surface area contributed by atoms with Crippen LogP contribution in [0.4, 0.5) is 0 Å². The van der Waals surface area contributed by atoms with Gasteiger partial charge in [-0.3, -0.25) is 20.2 Å². The van der Waals surface area contributed by atoms with Gasteiger partial charge < -0.3 is 0 Å². The van der Waals surface area contributed by atoms with Gasteiger partial charge in [0.2, 0.25) is 13.1 Å². The first kappa shape index (κ1) is 14.1. The fraction of sp³-hybridized carbons (Fsp3) is 0.500. The van der Waals surface area contributed by atoms with Crippen LogP contribution in [0.5, 0.6) is 0 Å². The van der Waals surface area contributed by atoms with Crippen LogP contribution >= 0.6 is 0 Å². The molecular formula is C12H16N2O4. The number of nitrogens with zero attached hydrogens (tertiary/aromatic N) is 2. The highest BCUT2D eigenvalue weighted by atomic mass is 16.6. The smallest absolute Gasteiger partial charge is 0.204 e. The zero-order chi connectivity index (χ0) is 13.4. The second-order valence-electron chi connectivity index (χ2n) is 4.14. The normalized spacial score (nSPS) is 10.2. The molecule has 1 aromatic rings. The van der Waals surface area contributed by atoms with Crippen LogP contribution in [-0.4, -0.2) is 22.9 Å². The molecule has 0 saturated heterocycles. The molecule has 0 spiro atoms. The lowest BCUT2D eigenvalue weighted by Crippen LogP contribution is -2.03. The molecule has 1 rings (SSSR count). The maximum atomic E-state index is 10.2. The van der Waals surface area contributed by atoms with Gasteiger partial charge in [0.05, 0.1) is 0 Å². The largest absolute Gasteiger partial charge is 0.265 e. The summed E-state index contributed by atoms with van der Waals surface area (Å²) in [7, 11) is 0. The van der Waals surface area contributed by atoms with Crippen LogP contribution in [0.1, 0.15) is 24.0 Å². The van der Waals surface area contributed by atoms with Gasteiger partial charge >= 0.3 is 0 Å². The Morgan fingerprint density at radius 1 is 0.889 bits per heavy atom. The highest BCUT2D eigenvalue weighted by Crippen LogP contribution is 2.09. The van der Waals surface area contributed by atoms with E-state index in [2.05, 4.69) is 0 Å². The highest BCUT2D eigenvalue weighted by Gasteiger charge is 2.02. The molecule has 6 heteroatoms. The standard InChI is InChI=1S/C12H16N2O4/c15-13(16)8-2-6-11-4-1-5-12(10-11)7-3-9-14(17)18/h1,4-5,10H,2-3,6-9H2. The first-order valence-corrected chi connectivity index (χ1v) is 5.89. The van der Waals surface area contributed by atoms with E-state index in [0.29, 0.717) is 25.7 Å². The third kappa shape index (κ3) is 5.93. The molecule has 0 aliphatic carbocycles. The van der Waals surface area contributed by atoms with Crippen molar-refractivity contribution in [1.29, 1.82) is 0 Å². The lowest BCUT2D eigenvalue weighted by Gasteiger charge is -2.03. The van der Waals surface area contributed by atoms with Crippen molar-refractivity contribution in [3.63, 3.8) is 0 Å². The summed E-state index contributed by atoms with van der Waals surface area (Å²) in [6.07, 6.45) is 2.38. The van der Waals surface area contributed by atoms with Crippen molar-refractivity contribution < 1.29 is 9.85 Å². The number of aryl methyl sites for hydroxylation is 2.